The summed E-state index contributed by atoms with van der Waals surface area (Å²) in [5, 5.41) is 4.01. The molecule has 0 bridgehead atoms. The monoisotopic (exact) mass is 197 g/mol. The Morgan fingerprint density at radius 3 is 2.14 bits per heavy atom. The molecule has 0 saturated carbocycles. The zero-order chi connectivity index (χ0) is 11.0. The Bertz CT molecular complexity index is 302. The van der Waals surface area contributed by atoms with E-state index < -0.39 is 0 Å². The van der Waals surface area contributed by atoms with Crippen molar-refractivity contribution in [1.29, 1.82) is 0 Å². The van der Waals surface area contributed by atoms with Crippen molar-refractivity contribution in [3.8, 4) is 0 Å². The van der Waals surface area contributed by atoms with Crippen molar-refractivity contribution in [2.24, 2.45) is 5.41 Å². The fourth-order valence-electron chi connectivity index (χ4n) is 1.20. The quantitative estimate of drug-likeness (QED) is 0.647. The molecule has 0 aromatic carbocycles. The van der Waals surface area contributed by atoms with Crippen LogP contribution in [0, 0.1) is 5.41 Å². The summed E-state index contributed by atoms with van der Waals surface area (Å²) in [4.78, 5) is 0. The van der Waals surface area contributed by atoms with Crippen LogP contribution < -0.4 is 4.68 Å². The fourth-order valence-corrected chi connectivity index (χ4v) is 1.20. The molecule has 1 rings (SSSR count). The Morgan fingerprint density at radius 2 is 1.79 bits per heavy atom. The molecule has 0 amide bonds. The summed E-state index contributed by atoms with van der Waals surface area (Å²) in [6.07, 6.45) is 2.91. The zero-order valence-electron chi connectivity index (χ0n) is 10.1. The second-order valence-electron chi connectivity index (χ2n) is 6.02. The molecule has 0 spiro atoms. The first-order valence-corrected chi connectivity index (χ1v) is 5.06. The van der Waals surface area contributed by atoms with Gasteiger partial charge < -0.3 is 4.52 Å². The Hall–Kier alpha value is -0.860. The first kappa shape index (κ1) is 11.2. The lowest BCUT2D eigenvalue weighted by molar-refractivity contribution is -0.813. The summed E-state index contributed by atoms with van der Waals surface area (Å²) >= 11 is 0. The summed E-state index contributed by atoms with van der Waals surface area (Å²) in [6.45, 7) is 12.9. The maximum atomic E-state index is 5.28. The predicted molar refractivity (Wildman–Crippen MR) is 54.9 cm³/mol. The lowest BCUT2D eigenvalue weighted by atomic mass is 9.91. The number of nitrogens with zero attached hydrogens (tertiary/aromatic N) is 2. The third kappa shape index (κ3) is 3.13. The van der Waals surface area contributed by atoms with E-state index in [1.54, 1.807) is 0 Å². The van der Waals surface area contributed by atoms with E-state index in [1.165, 1.54) is 0 Å². The van der Waals surface area contributed by atoms with Crippen LogP contribution in [0.3, 0.4) is 0 Å². The Labute approximate surface area is 86.1 Å². The van der Waals surface area contributed by atoms with Crippen molar-refractivity contribution in [1.82, 2.24) is 5.27 Å². The predicted octanol–water partition coefficient (Wildman–Crippen LogP) is 2.31. The summed E-state index contributed by atoms with van der Waals surface area (Å²) in [5.74, 6) is 0.951. The molecule has 0 unspecified atom stereocenters. The highest BCUT2D eigenvalue weighted by Crippen LogP contribution is 2.19. The topological polar surface area (TPSA) is 29.9 Å². The molecule has 1 aromatic rings. The van der Waals surface area contributed by atoms with Crippen molar-refractivity contribution in [2.45, 2.75) is 53.5 Å². The van der Waals surface area contributed by atoms with Gasteiger partial charge in [-0.2, -0.15) is 0 Å². The van der Waals surface area contributed by atoms with Crippen LogP contribution in [0.4, 0.5) is 0 Å². The van der Waals surface area contributed by atoms with Crippen molar-refractivity contribution >= 4 is 0 Å². The summed E-state index contributed by atoms with van der Waals surface area (Å²) < 4.78 is 7.15. The van der Waals surface area contributed by atoms with E-state index in [9.17, 15) is 0 Å². The lowest BCUT2D eigenvalue weighted by Crippen LogP contribution is -2.51. The molecule has 0 aliphatic rings. The molecular weight excluding hydrogens is 176 g/mol. The average Bonchev–Trinajstić information content (AvgIpc) is 2.29. The molecule has 3 heteroatoms. The van der Waals surface area contributed by atoms with Gasteiger partial charge in [0.25, 0.3) is 0 Å². The van der Waals surface area contributed by atoms with E-state index in [1.807, 2.05) is 10.9 Å². The first-order valence-electron chi connectivity index (χ1n) is 5.06. The van der Waals surface area contributed by atoms with Crippen molar-refractivity contribution in [3.63, 3.8) is 0 Å². The molecule has 14 heavy (non-hydrogen) atoms. The summed E-state index contributed by atoms with van der Waals surface area (Å²) in [7, 11) is 0. The molecule has 1 aromatic heterocycles. The van der Waals surface area contributed by atoms with Crippen LogP contribution in [0.25, 0.3) is 0 Å². The van der Waals surface area contributed by atoms with E-state index in [-0.39, 0.29) is 11.0 Å². The van der Waals surface area contributed by atoms with E-state index >= 15 is 0 Å². The minimum absolute atomic E-state index is 0.000363. The second kappa shape index (κ2) is 3.37. The van der Waals surface area contributed by atoms with Crippen LogP contribution in [0.15, 0.2) is 10.7 Å². The Balaban J connectivity index is 2.79. The van der Waals surface area contributed by atoms with Crippen LogP contribution in [0.5, 0.6) is 0 Å². The van der Waals surface area contributed by atoms with Gasteiger partial charge in [-0.3, -0.25) is 0 Å². The highest BCUT2D eigenvalue weighted by molar-refractivity contribution is 4.87. The molecule has 0 atom stereocenters. The van der Waals surface area contributed by atoms with Gasteiger partial charge in [0.2, 0.25) is 12.0 Å². The van der Waals surface area contributed by atoms with Crippen LogP contribution in [0.2, 0.25) is 0 Å². The lowest BCUT2D eigenvalue weighted by Gasteiger charge is -2.13. The third-order valence-electron chi connectivity index (χ3n) is 1.90. The van der Waals surface area contributed by atoms with E-state index in [0.29, 0.717) is 0 Å². The maximum absolute atomic E-state index is 5.28. The van der Waals surface area contributed by atoms with Crippen LogP contribution >= 0.6 is 0 Å². The number of aromatic nitrogens is 2. The van der Waals surface area contributed by atoms with Gasteiger partial charge in [-0.05, 0) is 10.1 Å². The molecule has 80 valence electrons. The summed E-state index contributed by atoms with van der Waals surface area (Å²) in [6, 6.07) is 0. The number of hydrogen-bond acceptors (Lipinski definition) is 2. The molecule has 1 heterocycles. The van der Waals surface area contributed by atoms with Gasteiger partial charge in [0, 0.05) is 27.2 Å². The van der Waals surface area contributed by atoms with E-state index in [0.717, 1.165) is 12.2 Å². The highest BCUT2D eigenvalue weighted by atomic mass is 16.5. The van der Waals surface area contributed by atoms with Crippen LogP contribution in [-0.4, -0.2) is 5.27 Å². The van der Waals surface area contributed by atoms with Crippen molar-refractivity contribution in [3.05, 3.63) is 12.0 Å². The van der Waals surface area contributed by atoms with Crippen LogP contribution in [0.1, 0.15) is 47.3 Å². The van der Waals surface area contributed by atoms with Gasteiger partial charge in [-0.15, -0.1) is 0 Å². The number of rotatable bonds is 1. The Kier molecular flexibility index (Phi) is 2.70. The second-order valence-corrected chi connectivity index (χ2v) is 6.02. The van der Waals surface area contributed by atoms with Gasteiger partial charge in [0.05, 0.1) is 0 Å². The summed E-state index contributed by atoms with van der Waals surface area (Å²) in [5.41, 5.74) is 0.245. The molecule has 0 fully saturated rings. The number of hydrogen-bond donors (Lipinski definition) is 0. The highest BCUT2D eigenvalue weighted by Gasteiger charge is 2.28. The molecule has 0 aliphatic heterocycles. The SMILES string of the molecule is CC(C)(C)Cc1c[n+](C(C)(C)C)no1. The van der Waals surface area contributed by atoms with E-state index in [4.69, 9.17) is 4.52 Å². The minimum atomic E-state index is -0.000363. The molecule has 0 radical (unpaired) electrons. The fraction of sp³-hybridized carbons (Fsp3) is 0.818. The van der Waals surface area contributed by atoms with Gasteiger partial charge in [0.1, 0.15) is 0 Å². The molecule has 3 nitrogen and oxygen atoms in total. The zero-order valence-corrected chi connectivity index (χ0v) is 10.1. The standard InChI is InChI=1S/C11H21N2O/c1-10(2,3)7-9-8-13(12-14-9)11(4,5)6/h8H,7H2,1-6H3/q+1. The normalized spacial score (nSPS) is 13.3. The van der Waals surface area contributed by atoms with Gasteiger partial charge in [-0.25, -0.2) is 0 Å². The van der Waals surface area contributed by atoms with Crippen molar-refractivity contribution in [2.75, 3.05) is 0 Å². The van der Waals surface area contributed by atoms with Gasteiger partial charge in [0.15, 0.2) is 10.8 Å². The van der Waals surface area contributed by atoms with Gasteiger partial charge in [-0.1, -0.05) is 20.8 Å². The molecule has 0 saturated heterocycles. The Morgan fingerprint density at radius 1 is 1.21 bits per heavy atom. The maximum Gasteiger partial charge on any atom is 0.241 e. The van der Waals surface area contributed by atoms with Gasteiger partial charge >= 0.3 is 0 Å². The first-order chi connectivity index (χ1) is 6.18. The largest absolute Gasteiger partial charge is 0.306 e. The third-order valence-corrected chi connectivity index (χ3v) is 1.90. The van der Waals surface area contributed by atoms with Crippen molar-refractivity contribution < 1.29 is 9.20 Å². The average molecular weight is 197 g/mol. The molecule has 0 aliphatic carbocycles. The molecule has 0 N–H and O–H groups in total. The smallest absolute Gasteiger partial charge is 0.241 e. The molecular formula is C11H21N2O+. The van der Waals surface area contributed by atoms with E-state index in [2.05, 4.69) is 46.8 Å². The van der Waals surface area contributed by atoms with Crippen LogP contribution in [-0.2, 0) is 12.0 Å². The minimum Gasteiger partial charge on any atom is -0.306 e.